The minimum absolute atomic E-state index is 0.135. The van der Waals surface area contributed by atoms with Crippen molar-refractivity contribution < 1.29 is 4.92 Å². The minimum atomic E-state index is -0.355. The van der Waals surface area contributed by atoms with Crippen LogP contribution in [0, 0.1) is 10.1 Å². The average molecular weight is 297 g/mol. The summed E-state index contributed by atoms with van der Waals surface area (Å²) in [5, 5.41) is 14.2. The zero-order valence-electron chi connectivity index (χ0n) is 12.3. The van der Waals surface area contributed by atoms with Crippen molar-refractivity contribution in [2.75, 3.05) is 26.2 Å². The molecule has 0 amide bonds. The Morgan fingerprint density at radius 2 is 1.55 bits per heavy atom. The Morgan fingerprint density at radius 1 is 0.955 bits per heavy atom. The van der Waals surface area contributed by atoms with Gasteiger partial charge in [-0.2, -0.15) is 0 Å². The molecule has 1 aliphatic rings. The van der Waals surface area contributed by atoms with E-state index < -0.39 is 0 Å². The SMILES string of the molecule is O=[N+]([O-])c1ccc([C@H](c2ccccc2)N2CCNCC2)cc1. The van der Waals surface area contributed by atoms with Gasteiger partial charge in [0.2, 0.25) is 0 Å². The number of rotatable bonds is 4. The Hall–Kier alpha value is -2.24. The Morgan fingerprint density at radius 3 is 2.14 bits per heavy atom. The molecule has 1 N–H and O–H groups in total. The van der Waals surface area contributed by atoms with E-state index in [9.17, 15) is 10.1 Å². The fourth-order valence-corrected chi connectivity index (χ4v) is 2.97. The summed E-state index contributed by atoms with van der Waals surface area (Å²) in [6.45, 7) is 3.87. The van der Waals surface area contributed by atoms with Gasteiger partial charge in [0, 0.05) is 38.3 Å². The highest BCUT2D eigenvalue weighted by Gasteiger charge is 2.24. The largest absolute Gasteiger partial charge is 0.314 e. The van der Waals surface area contributed by atoms with E-state index in [1.807, 2.05) is 30.3 Å². The molecular weight excluding hydrogens is 278 g/mol. The van der Waals surface area contributed by atoms with Crippen LogP contribution < -0.4 is 5.32 Å². The molecule has 0 saturated carbocycles. The molecule has 1 heterocycles. The second-order valence-electron chi connectivity index (χ2n) is 5.45. The summed E-state index contributed by atoms with van der Waals surface area (Å²) in [5.74, 6) is 0. The van der Waals surface area contributed by atoms with Crippen LogP contribution in [0.25, 0.3) is 0 Å². The quantitative estimate of drug-likeness (QED) is 0.696. The predicted octanol–water partition coefficient (Wildman–Crippen LogP) is 2.59. The first-order valence-corrected chi connectivity index (χ1v) is 7.50. The number of nitrogens with one attached hydrogen (secondary N) is 1. The van der Waals surface area contributed by atoms with Crippen LogP contribution in [-0.4, -0.2) is 36.0 Å². The van der Waals surface area contributed by atoms with Gasteiger partial charge in [-0.25, -0.2) is 0 Å². The van der Waals surface area contributed by atoms with Crippen molar-refractivity contribution in [1.82, 2.24) is 10.2 Å². The van der Waals surface area contributed by atoms with E-state index in [-0.39, 0.29) is 16.7 Å². The molecule has 114 valence electrons. The maximum absolute atomic E-state index is 10.8. The Labute approximate surface area is 129 Å². The van der Waals surface area contributed by atoms with Crippen molar-refractivity contribution in [3.63, 3.8) is 0 Å². The Kier molecular flexibility index (Phi) is 4.46. The molecule has 22 heavy (non-hydrogen) atoms. The van der Waals surface area contributed by atoms with Gasteiger partial charge in [-0.05, 0) is 11.1 Å². The second kappa shape index (κ2) is 6.68. The molecule has 3 rings (SSSR count). The molecular formula is C17H19N3O2. The molecule has 0 aliphatic carbocycles. The summed E-state index contributed by atoms with van der Waals surface area (Å²) in [4.78, 5) is 12.9. The first-order valence-electron chi connectivity index (χ1n) is 7.50. The number of non-ortho nitro benzene ring substituents is 1. The summed E-state index contributed by atoms with van der Waals surface area (Å²) in [6, 6.07) is 17.4. The number of hydrogen-bond donors (Lipinski definition) is 1. The molecule has 5 heteroatoms. The molecule has 5 nitrogen and oxygen atoms in total. The summed E-state index contributed by atoms with van der Waals surface area (Å²) >= 11 is 0. The van der Waals surface area contributed by atoms with Gasteiger partial charge < -0.3 is 5.32 Å². The summed E-state index contributed by atoms with van der Waals surface area (Å²) in [7, 11) is 0. The zero-order valence-corrected chi connectivity index (χ0v) is 12.3. The molecule has 1 aliphatic heterocycles. The van der Waals surface area contributed by atoms with Gasteiger partial charge in [-0.3, -0.25) is 15.0 Å². The van der Waals surface area contributed by atoms with Gasteiger partial charge in [0.25, 0.3) is 5.69 Å². The molecule has 0 aromatic heterocycles. The zero-order chi connectivity index (χ0) is 15.4. The Bertz CT molecular complexity index is 622. The molecule has 1 fully saturated rings. The van der Waals surface area contributed by atoms with Crippen LogP contribution in [0.4, 0.5) is 5.69 Å². The van der Waals surface area contributed by atoms with Gasteiger partial charge in [-0.15, -0.1) is 0 Å². The first kappa shape index (κ1) is 14.7. The van der Waals surface area contributed by atoms with Crippen molar-refractivity contribution in [3.8, 4) is 0 Å². The number of benzene rings is 2. The van der Waals surface area contributed by atoms with Gasteiger partial charge >= 0.3 is 0 Å². The van der Waals surface area contributed by atoms with Crippen LogP contribution in [0.2, 0.25) is 0 Å². The van der Waals surface area contributed by atoms with Crippen LogP contribution >= 0.6 is 0 Å². The van der Waals surface area contributed by atoms with Crippen LogP contribution in [0.5, 0.6) is 0 Å². The third-order valence-electron chi connectivity index (χ3n) is 4.05. The first-order chi connectivity index (χ1) is 10.8. The minimum Gasteiger partial charge on any atom is -0.314 e. The standard InChI is InChI=1S/C17H19N3O2/c21-20(22)16-8-6-15(7-9-16)17(14-4-2-1-3-5-14)19-12-10-18-11-13-19/h1-9,17-18H,10-13H2/t17-/m0/s1. The van der Waals surface area contributed by atoms with Gasteiger partial charge in [-0.1, -0.05) is 42.5 Å². The van der Waals surface area contributed by atoms with Crippen LogP contribution in [-0.2, 0) is 0 Å². The maximum Gasteiger partial charge on any atom is 0.269 e. The lowest BCUT2D eigenvalue weighted by Gasteiger charge is -2.35. The van der Waals surface area contributed by atoms with Crippen molar-refractivity contribution in [3.05, 3.63) is 75.8 Å². The molecule has 1 saturated heterocycles. The van der Waals surface area contributed by atoms with Gasteiger partial charge in [0.1, 0.15) is 0 Å². The smallest absolute Gasteiger partial charge is 0.269 e. The maximum atomic E-state index is 10.8. The fraction of sp³-hybridized carbons (Fsp3) is 0.294. The molecule has 0 radical (unpaired) electrons. The average Bonchev–Trinajstić information content (AvgIpc) is 2.57. The van der Waals surface area contributed by atoms with Crippen LogP contribution in [0.3, 0.4) is 0 Å². The number of nitrogens with zero attached hydrogens (tertiary/aromatic N) is 2. The van der Waals surface area contributed by atoms with E-state index in [0.29, 0.717) is 0 Å². The highest BCUT2D eigenvalue weighted by molar-refractivity contribution is 5.38. The topological polar surface area (TPSA) is 58.4 Å². The Balaban J connectivity index is 1.95. The lowest BCUT2D eigenvalue weighted by molar-refractivity contribution is -0.384. The number of nitro benzene ring substituents is 1. The van der Waals surface area contributed by atoms with Crippen LogP contribution in [0.1, 0.15) is 17.2 Å². The molecule has 2 aromatic rings. The van der Waals surface area contributed by atoms with E-state index in [0.717, 1.165) is 31.7 Å². The highest BCUT2D eigenvalue weighted by Crippen LogP contribution is 2.29. The summed E-state index contributed by atoms with van der Waals surface area (Å²) in [5.41, 5.74) is 2.45. The highest BCUT2D eigenvalue weighted by atomic mass is 16.6. The molecule has 0 spiro atoms. The van der Waals surface area contributed by atoms with Crippen molar-refractivity contribution >= 4 is 5.69 Å². The van der Waals surface area contributed by atoms with E-state index in [1.165, 1.54) is 5.56 Å². The van der Waals surface area contributed by atoms with Crippen molar-refractivity contribution in [2.45, 2.75) is 6.04 Å². The van der Waals surface area contributed by atoms with E-state index in [2.05, 4.69) is 22.3 Å². The van der Waals surface area contributed by atoms with Gasteiger partial charge in [0.05, 0.1) is 11.0 Å². The summed E-state index contributed by atoms with van der Waals surface area (Å²) in [6.07, 6.45) is 0. The van der Waals surface area contributed by atoms with Crippen molar-refractivity contribution in [1.29, 1.82) is 0 Å². The van der Waals surface area contributed by atoms with Crippen LogP contribution in [0.15, 0.2) is 54.6 Å². The third kappa shape index (κ3) is 3.16. The summed E-state index contributed by atoms with van der Waals surface area (Å²) < 4.78 is 0. The van der Waals surface area contributed by atoms with E-state index in [1.54, 1.807) is 12.1 Å². The number of nitro groups is 1. The normalized spacial score (nSPS) is 17.1. The monoisotopic (exact) mass is 297 g/mol. The molecule has 1 atom stereocenters. The molecule has 0 bridgehead atoms. The van der Waals surface area contributed by atoms with Gasteiger partial charge in [0.15, 0.2) is 0 Å². The predicted molar refractivity (Wildman–Crippen MR) is 85.8 cm³/mol. The fourth-order valence-electron chi connectivity index (χ4n) is 2.97. The second-order valence-corrected chi connectivity index (χ2v) is 5.45. The number of hydrogen-bond acceptors (Lipinski definition) is 4. The van der Waals surface area contributed by atoms with Crippen molar-refractivity contribution in [2.24, 2.45) is 0 Å². The lowest BCUT2D eigenvalue weighted by Crippen LogP contribution is -2.45. The van der Waals surface area contributed by atoms with E-state index in [4.69, 9.17) is 0 Å². The number of piperazine rings is 1. The lowest BCUT2D eigenvalue weighted by atomic mass is 9.96. The molecule has 0 unspecified atom stereocenters. The molecule has 2 aromatic carbocycles. The third-order valence-corrected chi connectivity index (χ3v) is 4.05. The van der Waals surface area contributed by atoms with E-state index >= 15 is 0 Å².